The molecule has 0 spiro atoms. The number of rotatable bonds is 6. The summed E-state index contributed by atoms with van der Waals surface area (Å²) >= 11 is 3.27. The number of esters is 1. The predicted octanol–water partition coefficient (Wildman–Crippen LogP) is 5.34. The van der Waals surface area contributed by atoms with Crippen LogP contribution in [-0.4, -0.2) is 12.6 Å². The summed E-state index contributed by atoms with van der Waals surface area (Å²) in [6, 6.07) is 12.1. The lowest BCUT2D eigenvalue weighted by molar-refractivity contribution is 0.0500. The van der Waals surface area contributed by atoms with Crippen molar-refractivity contribution in [2.75, 3.05) is 6.61 Å². The van der Waals surface area contributed by atoms with E-state index in [0.717, 1.165) is 12.8 Å². The summed E-state index contributed by atoms with van der Waals surface area (Å²) in [5.41, 5.74) is 1.93. The molecule has 0 saturated heterocycles. The summed E-state index contributed by atoms with van der Waals surface area (Å²) in [7, 11) is 0. The molecule has 0 radical (unpaired) electrons. The Hall–Kier alpha value is -1.68. The van der Waals surface area contributed by atoms with Crippen LogP contribution >= 0.6 is 15.9 Å². The van der Waals surface area contributed by atoms with Crippen LogP contribution in [0, 0.1) is 5.82 Å². The average molecular weight is 365 g/mol. The van der Waals surface area contributed by atoms with Gasteiger partial charge in [-0.15, -0.1) is 0 Å². The number of halogens is 2. The molecule has 0 heterocycles. The van der Waals surface area contributed by atoms with Crippen molar-refractivity contribution in [2.24, 2.45) is 0 Å². The van der Waals surface area contributed by atoms with E-state index in [1.807, 2.05) is 6.92 Å². The van der Waals surface area contributed by atoms with Gasteiger partial charge in [-0.3, -0.25) is 0 Å². The highest BCUT2D eigenvalue weighted by atomic mass is 79.9. The quantitative estimate of drug-likeness (QED) is 0.392. The van der Waals surface area contributed by atoms with Crippen LogP contribution in [0.4, 0.5) is 4.39 Å². The van der Waals surface area contributed by atoms with Gasteiger partial charge in [0.05, 0.1) is 12.2 Å². The zero-order valence-corrected chi connectivity index (χ0v) is 14.0. The second-order valence-corrected chi connectivity index (χ2v) is 5.51. The Bertz CT molecular complexity index is 655. The Morgan fingerprint density at radius 3 is 2.59 bits per heavy atom. The summed E-state index contributed by atoms with van der Waals surface area (Å²) in [5.74, 6) is -0.721. The van der Waals surface area contributed by atoms with E-state index in [-0.39, 0.29) is 5.82 Å². The summed E-state index contributed by atoms with van der Waals surface area (Å²) in [4.78, 5) is 12.2. The molecular formula is C18H18BrFO2. The van der Waals surface area contributed by atoms with E-state index in [1.54, 1.807) is 42.5 Å². The van der Waals surface area contributed by atoms with Gasteiger partial charge >= 0.3 is 5.97 Å². The topological polar surface area (TPSA) is 26.3 Å². The number of carbonyl (C=O) groups is 1. The zero-order valence-electron chi connectivity index (χ0n) is 12.4. The van der Waals surface area contributed by atoms with Gasteiger partial charge in [-0.2, -0.15) is 0 Å². The van der Waals surface area contributed by atoms with Crippen LogP contribution < -0.4 is 0 Å². The molecule has 2 rings (SSSR count). The molecular weight excluding hydrogens is 347 g/mol. The van der Waals surface area contributed by atoms with Gasteiger partial charge in [0, 0.05) is 10.9 Å². The van der Waals surface area contributed by atoms with Crippen LogP contribution in [0.3, 0.4) is 0 Å². The van der Waals surface area contributed by atoms with Crippen LogP contribution in [0.25, 0.3) is 11.1 Å². The van der Waals surface area contributed by atoms with Crippen molar-refractivity contribution in [1.29, 1.82) is 0 Å². The molecule has 0 bridgehead atoms. The lowest BCUT2D eigenvalue weighted by Crippen LogP contribution is -2.08. The van der Waals surface area contributed by atoms with Crippen molar-refractivity contribution in [2.45, 2.75) is 25.1 Å². The Morgan fingerprint density at radius 1 is 1.14 bits per heavy atom. The van der Waals surface area contributed by atoms with Crippen LogP contribution in [0.15, 0.2) is 42.5 Å². The van der Waals surface area contributed by atoms with E-state index < -0.39 is 5.97 Å². The van der Waals surface area contributed by atoms with E-state index in [2.05, 4.69) is 15.9 Å². The Kier molecular flexibility index (Phi) is 6.13. The van der Waals surface area contributed by atoms with E-state index in [9.17, 15) is 9.18 Å². The SMILES string of the molecule is CCCCOC(=O)c1ccccc1-c1cccc(CBr)c1F. The van der Waals surface area contributed by atoms with Gasteiger partial charge in [-0.05, 0) is 23.6 Å². The first kappa shape index (κ1) is 16.7. The monoisotopic (exact) mass is 364 g/mol. The highest BCUT2D eigenvalue weighted by molar-refractivity contribution is 9.08. The molecule has 0 aromatic heterocycles. The fourth-order valence-corrected chi connectivity index (χ4v) is 2.61. The van der Waals surface area contributed by atoms with Crippen molar-refractivity contribution < 1.29 is 13.9 Å². The van der Waals surface area contributed by atoms with Crippen LogP contribution in [0.1, 0.15) is 35.7 Å². The maximum Gasteiger partial charge on any atom is 0.338 e. The van der Waals surface area contributed by atoms with Gasteiger partial charge in [0.15, 0.2) is 0 Å². The summed E-state index contributed by atoms with van der Waals surface area (Å²) in [6.45, 7) is 2.41. The normalized spacial score (nSPS) is 10.5. The molecule has 2 aromatic carbocycles. The van der Waals surface area contributed by atoms with Crippen molar-refractivity contribution >= 4 is 21.9 Å². The molecule has 0 fully saturated rings. The summed E-state index contributed by atoms with van der Waals surface area (Å²) in [5, 5.41) is 0.426. The van der Waals surface area contributed by atoms with Gasteiger partial charge in [0.2, 0.25) is 0 Å². The molecule has 4 heteroatoms. The minimum atomic E-state index is -0.410. The second-order valence-electron chi connectivity index (χ2n) is 4.95. The largest absolute Gasteiger partial charge is 0.462 e. The number of alkyl halides is 1. The van der Waals surface area contributed by atoms with E-state index in [0.29, 0.717) is 34.2 Å². The summed E-state index contributed by atoms with van der Waals surface area (Å²) < 4.78 is 19.8. The molecule has 0 aliphatic rings. The third-order valence-corrected chi connectivity index (χ3v) is 3.99. The molecule has 0 N–H and O–H groups in total. The minimum Gasteiger partial charge on any atom is -0.462 e. The zero-order chi connectivity index (χ0) is 15.9. The van der Waals surface area contributed by atoms with Crippen LogP contribution in [-0.2, 0) is 10.1 Å². The predicted molar refractivity (Wildman–Crippen MR) is 89.7 cm³/mol. The van der Waals surface area contributed by atoms with Crippen molar-refractivity contribution in [3.63, 3.8) is 0 Å². The van der Waals surface area contributed by atoms with Gasteiger partial charge in [0.1, 0.15) is 5.82 Å². The standard InChI is InChI=1S/C18H18BrFO2/c1-2-3-11-22-18(21)16-9-5-4-8-14(16)15-10-6-7-13(12-19)17(15)20/h4-10H,2-3,11-12H2,1H3. The highest BCUT2D eigenvalue weighted by Crippen LogP contribution is 2.29. The number of hydrogen-bond acceptors (Lipinski definition) is 2. The number of benzene rings is 2. The summed E-state index contributed by atoms with van der Waals surface area (Å²) in [6.07, 6.45) is 1.78. The Labute approximate surface area is 138 Å². The maximum atomic E-state index is 14.5. The van der Waals surface area contributed by atoms with Gasteiger partial charge < -0.3 is 4.74 Å². The molecule has 0 aliphatic carbocycles. The van der Waals surface area contributed by atoms with Gasteiger partial charge in [-0.25, -0.2) is 9.18 Å². The van der Waals surface area contributed by atoms with Crippen molar-refractivity contribution in [1.82, 2.24) is 0 Å². The molecule has 0 unspecified atom stereocenters. The fourth-order valence-electron chi connectivity index (χ4n) is 2.17. The molecule has 0 amide bonds. The minimum absolute atomic E-state index is 0.312. The first-order valence-electron chi connectivity index (χ1n) is 7.29. The second kappa shape index (κ2) is 8.08. The number of unbranched alkanes of at least 4 members (excludes halogenated alkanes) is 1. The van der Waals surface area contributed by atoms with E-state index >= 15 is 0 Å². The van der Waals surface area contributed by atoms with Crippen LogP contribution in [0.5, 0.6) is 0 Å². The first-order chi connectivity index (χ1) is 10.7. The van der Waals surface area contributed by atoms with Crippen LogP contribution in [0.2, 0.25) is 0 Å². The third kappa shape index (κ3) is 3.74. The molecule has 116 valence electrons. The highest BCUT2D eigenvalue weighted by Gasteiger charge is 2.17. The molecule has 0 atom stereocenters. The smallest absolute Gasteiger partial charge is 0.338 e. The first-order valence-corrected chi connectivity index (χ1v) is 8.41. The van der Waals surface area contributed by atoms with Crippen molar-refractivity contribution in [3.05, 3.63) is 59.4 Å². The van der Waals surface area contributed by atoms with E-state index in [1.165, 1.54) is 0 Å². The lowest BCUT2D eigenvalue weighted by Gasteiger charge is -2.12. The third-order valence-electron chi connectivity index (χ3n) is 3.39. The molecule has 2 nitrogen and oxygen atoms in total. The number of ether oxygens (including phenoxy) is 1. The Morgan fingerprint density at radius 2 is 1.86 bits per heavy atom. The number of hydrogen-bond donors (Lipinski definition) is 0. The van der Waals surface area contributed by atoms with Gasteiger partial charge in [-0.1, -0.05) is 65.7 Å². The molecule has 2 aromatic rings. The lowest BCUT2D eigenvalue weighted by atomic mass is 9.97. The fraction of sp³-hybridized carbons (Fsp3) is 0.278. The molecule has 0 saturated carbocycles. The Balaban J connectivity index is 2.38. The molecule has 22 heavy (non-hydrogen) atoms. The average Bonchev–Trinajstić information content (AvgIpc) is 2.55. The van der Waals surface area contributed by atoms with Gasteiger partial charge in [0.25, 0.3) is 0 Å². The molecule has 0 aliphatic heterocycles. The number of carbonyl (C=O) groups excluding carboxylic acids is 1. The van der Waals surface area contributed by atoms with Crippen molar-refractivity contribution in [3.8, 4) is 11.1 Å². The maximum absolute atomic E-state index is 14.5. The van der Waals surface area contributed by atoms with E-state index in [4.69, 9.17) is 4.74 Å².